The molecule has 1 amide bonds. The van der Waals surface area contributed by atoms with Gasteiger partial charge in [-0.1, -0.05) is 6.92 Å². The van der Waals surface area contributed by atoms with Crippen molar-refractivity contribution in [3.63, 3.8) is 0 Å². The second-order valence-corrected chi connectivity index (χ2v) is 5.70. The third-order valence-electron chi connectivity index (χ3n) is 4.23. The summed E-state index contributed by atoms with van der Waals surface area (Å²) in [7, 11) is 0. The minimum Gasteiger partial charge on any atom is -0.480 e. The molecule has 0 unspecified atom stereocenters. The summed E-state index contributed by atoms with van der Waals surface area (Å²) in [5.41, 5.74) is 0.980. The van der Waals surface area contributed by atoms with Crippen LogP contribution in [0.3, 0.4) is 0 Å². The summed E-state index contributed by atoms with van der Waals surface area (Å²) in [5.74, 6) is -1.01. The van der Waals surface area contributed by atoms with Crippen LogP contribution in [0.15, 0.2) is 24.7 Å². The van der Waals surface area contributed by atoms with Crippen molar-refractivity contribution >= 4 is 17.5 Å². The molecule has 0 aromatic carbocycles. The van der Waals surface area contributed by atoms with E-state index in [0.717, 1.165) is 12.8 Å². The number of nitrogens with one attached hydrogen (secondary N) is 1. The third-order valence-corrected chi connectivity index (χ3v) is 4.23. The van der Waals surface area contributed by atoms with Crippen molar-refractivity contribution in [2.24, 2.45) is 0 Å². The lowest BCUT2D eigenvalue weighted by Gasteiger charge is -2.42. The van der Waals surface area contributed by atoms with E-state index in [4.69, 9.17) is 5.11 Å². The van der Waals surface area contributed by atoms with Crippen LogP contribution in [-0.4, -0.2) is 61.7 Å². The number of carbonyl (C=O) groups excluding carboxylic acids is 1. The van der Waals surface area contributed by atoms with Gasteiger partial charge in [0.15, 0.2) is 5.65 Å². The van der Waals surface area contributed by atoms with Crippen molar-refractivity contribution < 1.29 is 14.7 Å². The van der Waals surface area contributed by atoms with E-state index >= 15 is 0 Å². The molecule has 1 saturated carbocycles. The molecule has 1 aliphatic carbocycles. The number of amides is 1. The maximum absolute atomic E-state index is 12.3. The number of aliphatic carboxylic acids is 1. The van der Waals surface area contributed by atoms with Gasteiger partial charge in [0.05, 0.1) is 12.7 Å². The first-order chi connectivity index (χ1) is 11.1. The Hall–Kier alpha value is -2.48. The van der Waals surface area contributed by atoms with Gasteiger partial charge in [-0.25, -0.2) is 9.50 Å². The molecule has 3 rings (SSSR count). The number of rotatable bonds is 6. The van der Waals surface area contributed by atoms with E-state index in [-0.39, 0.29) is 24.5 Å². The molecule has 2 heterocycles. The van der Waals surface area contributed by atoms with Crippen LogP contribution < -0.4 is 5.32 Å². The number of carboxylic acids is 1. The predicted octanol–water partition coefficient (Wildman–Crippen LogP) is 0.397. The zero-order valence-corrected chi connectivity index (χ0v) is 12.8. The van der Waals surface area contributed by atoms with Gasteiger partial charge in [-0.15, -0.1) is 0 Å². The summed E-state index contributed by atoms with van der Waals surface area (Å²) < 4.78 is 1.56. The molecular formula is C15H19N5O3. The van der Waals surface area contributed by atoms with E-state index < -0.39 is 5.97 Å². The lowest BCUT2D eigenvalue weighted by Crippen LogP contribution is -2.54. The van der Waals surface area contributed by atoms with E-state index in [1.807, 2.05) is 11.8 Å². The van der Waals surface area contributed by atoms with E-state index in [2.05, 4.69) is 15.4 Å². The van der Waals surface area contributed by atoms with Crippen LogP contribution in [-0.2, 0) is 4.79 Å². The summed E-state index contributed by atoms with van der Waals surface area (Å²) in [5, 5.41) is 16.0. The first kappa shape index (κ1) is 15.4. The van der Waals surface area contributed by atoms with Gasteiger partial charge in [-0.2, -0.15) is 5.10 Å². The highest BCUT2D eigenvalue weighted by Gasteiger charge is 2.35. The van der Waals surface area contributed by atoms with E-state index in [0.29, 0.717) is 17.8 Å². The largest absolute Gasteiger partial charge is 0.480 e. The topological polar surface area (TPSA) is 99.8 Å². The molecule has 8 heteroatoms. The van der Waals surface area contributed by atoms with Crippen molar-refractivity contribution in [1.82, 2.24) is 24.8 Å². The number of likely N-dealkylation sites (N-methyl/N-ethyl adjacent to an activating group) is 1. The molecule has 0 bridgehead atoms. The minimum atomic E-state index is -0.822. The Balaban J connectivity index is 1.57. The zero-order valence-electron chi connectivity index (χ0n) is 12.8. The molecule has 0 atom stereocenters. The smallest absolute Gasteiger partial charge is 0.317 e. The van der Waals surface area contributed by atoms with Crippen LogP contribution in [0.2, 0.25) is 0 Å². The maximum atomic E-state index is 12.3. The van der Waals surface area contributed by atoms with Crippen LogP contribution in [0.4, 0.5) is 0 Å². The molecule has 2 N–H and O–H groups in total. The van der Waals surface area contributed by atoms with Gasteiger partial charge in [-0.3, -0.25) is 14.5 Å². The van der Waals surface area contributed by atoms with Crippen LogP contribution in [0.5, 0.6) is 0 Å². The van der Waals surface area contributed by atoms with Gasteiger partial charge >= 0.3 is 5.97 Å². The Morgan fingerprint density at radius 1 is 1.48 bits per heavy atom. The van der Waals surface area contributed by atoms with Crippen LogP contribution in [0, 0.1) is 0 Å². The zero-order chi connectivity index (χ0) is 16.4. The van der Waals surface area contributed by atoms with Gasteiger partial charge in [0.2, 0.25) is 0 Å². The molecule has 8 nitrogen and oxygen atoms in total. The van der Waals surface area contributed by atoms with E-state index in [1.54, 1.807) is 23.0 Å². The molecular weight excluding hydrogens is 298 g/mol. The Morgan fingerprint density at radius 3 is 2.96 bits per heavy atom. The molecule has 122 valence electrons. The molecule has 0 spiro atoms. The van der Waals surface area contributed by atoms with E-state index in [9.17, 15) is 9.59 Å². The lowest BCUT2D eigenvalue weighted by molar-refractivity contribution is -0.139. The third kappa shape index (κ3) is 3.16. The molecule has 0 radical (unpaired) electrons. The van der Waals surface area contributed by atoms with Gasteiger partial charge < -0.3 is 10.4 Å². The monoisotopic (exact) mass is 317 g/mol. The second-order valence-electron chi connectivity index (χ2n) is 5.70. The van der Waals surface area contributed by atoms with Gasteiger partial charge in [0.25, 0.3) is 5.91 Å². The highest BCUT2D eigenvalue weighted by Crippen LogP contribution is 2.26. The SMILES string of the molecule is CCN(CC(=O)O)C1CC(NC(=O)c2cnn3cccnc23)C1. The van der Waals surface area contributed by atoms with Crippen molar-refractivity contribution in [1.29, 1.82) is 0 Å². The van der Waals surface area contributed by atoms with Crippen molar-refractivity contribution in [3.8, 4) is 0 Å². The fourth-order valence-electron chi connectivity index (χ4n) is 2.93. The van der Waals surface area contributed by atoms with Crippen molar-refractivity contribution in [2.75, 3.05) is 13.1 Å². The molecule has 2 aromatic rings. The Labute approximate surface area is 133 Å². The number of fused-ring (bicyclic) bond motifs is 1. The van der Waals surface area contributed by atoms with Crippen molar-refractivity contribution in [3.05, 3.63) is 30.2 Å². The minimum absolute atomic E-state index is 0.0415. The summed E-state index contributed by atoms with van der Waals surface area (Å²) in [6, 6.07) is 2.03. The second kappa shape index (κ2) is 6.33. The summed E-state index contributed by atoms with van der Waals surface area (Å²) >= 11 is 0. The van der Waals surface area contributed by atoms with Gasteiger partial charge in [-0.05, 0) is 25.5 Å². The Morgan fingerprint density at radius 2 is 2.26 bits per heavy atom. The summed E-state index contributed by atoms with van der Waals surface area (Å²) in [4.78, 5) is 29.2. The van der Waals surface area contributed by atoms with E-state index in [1.165, 1.54) is 6.20 Å². The lowest BCUT2D eigenvalue weighted by atomic mass is 9.85. The van der Waals surface area contributed by atoms with Crippen LogP contribution >= 0.6 is 0 Å². The molecule has 0 aliphatic heterocycles. The Kier molecular flexibility index (Phi) is 4.24. The maximum Gasteiger partial charge on any atom is 0.317 e. The van der Waals surface area contributed by atoms with Gasteiger partial charge in [0.1, 0.15) is 5.56 Å². The Bertz CT molecular complexity index is 723. The fourth-order valence-corrected chi connectivity index (χ4v) is 2.93. The molecule has 1 fully saturated rings. The summed E-state index contributed by atoms with van der Waals surface area (Å²) in [6.07, 6.45) is 6.40. The number of hydrogen-bond donors (Lipinski definition) is 2. The highest BCUT2D eigenvalue weighted by molar-refractivity contribution is 5.99. The number of nitrogens with zero attached hydrogens (tertiary/aromatic N) is 4. The van der Waals surface area contributed by atoms with Gasteiger partial charge in [0, 0.05) is 24.5 Å². The molecule has 23 heavy (non-hydrogen) atoms. The van der Waals surface area contributed by atoms with Crippen LogP contribution in [0.1, 0.15) is 30.1 Å². The molecule has 0 saturated heterocycles. The van der Waals surface area contributed by atoms with Crippen molar-refractivity contribution in [2.45, 2.75) is 31.8 Å². The van der Waals surface area contributed by atoms with Crippen LogP contribution in [0.25, 0.3) is 5.65 Å². The standard InChI is InChI=1S/C15H19N5O3/c1-2-19(9-13(21)22)11-6-10(7-11)18-15(23)12-8-17-20-5-3-4-16-14(12)20/h3-5,8,10-11H,2,6-7,9H2,1H3,(H,18,23)(H,21,22). The number of hydrogen-bond acceptors (Lipinski definition) is 5. The number of carboxylic acid groups (broad SMARTS) is 1. The molecule has 1 aliphatic rings. The normalized spacial score (nSPS) is 20.4. The molecule has 2 aromatic heterocycles. The number of aromatic nitrogens is 3. The quantitative estimate of drug-likeness (QED) is 0.800. The average Bonchev–Trinajstić information content (AvgIpc) is 2.92. The summed E-state index contributed by atoms with van der Waals surface area (Å²) in [6.45, 7) is 2.68. The first-order valence-electron chi connectivity index (χ1n) is 7.63. The fraction of sp³-hybridized carbons (Fsp3) is 0.467. The number of carbonyl (C=O) groups is 2. The average molecular weight is 317 g/mol. The highest BCUT2D eigenvalue weighted by atomic mass is 16.4. The predicted molar refractivity (Wildman–Crippen MR) is 82.1 cm³/mol. The first-order valence-corrected chi connectivity index (χ1v) is 7.63.